The Balaban J connectivity index is 1.57. The van der Waals surface area contributed by atoms with Gasteiger partial charge in [-0.25, -0.2) is 4.31 Å². The molecule has 2 heterocycles. The number of nitrogens with one attached hydrogen (secondary N) is 3. The molecular formula is C20H24N4OS2. The third-order valence-electron chi connectivity index (χ3n) is 4.23. The minimum absolute atomic E-state index is 0.0769. The maximum Gasteiger partial charge on any atom is 0.261 e. The molecular weight excluding hydrogens is 376 g/mol. The molecule has 7 heteroatoms. The highest BCUT2D eigenvalue weighted by Crippen LogP contribution is 2.23. The maximum atomic E-state index is 12.4. The third kappa shape index (κ3) is 5.52. The second-order valence-electron chi connectivity index (χ2n) is 6.15. The van der Waals surface area contributed by atoms with Crippen LogP contribution >= 0.6 is 23.3 Å². The van der Waals surface area contributed by atoms with Crippen LogP contribution in [0.15, 0.2) is 35.2 Å². The Labute approximate surface area is 167 Å². The van der Waals surface area contributed by atoms with Gasteiger partial charge in [-0.1, -0.05) is 18.2 Å². The van der Waals surface area contributed by atoms with E-state index in [1.54, 1.807) is 18.0 Å². The fraction of sp³-hybridized carbons (Fsp3) is 0.300. The van der Waals surface area contributed by atoms with Gasteiger partial charge >= 0.3 is 0 Å². The zero-order valence-electron chi connectivity index (χ0n) is 15.3. The van der Waals surface area contributed by atoms with E-state index in [1.807, 2.05) is 19.1 Å². The molecule has 1 aliphatic heterocycles. The van der Waals surface area contributed by atoms with Crippen molar-refractivity contribution in [3.8, 4) is 0 Å². The Morgan fingerprint density at radius 2 is 2.07 bits per heavy atom. The smallest absolute Gasteiger partial charge is 0.261 e. The molecule has 0 bridgehead atoms. The molecule has 1 aromatic carbocycles. The van der Waals surface area contributed by atoms with Crippen LogP contribution in [-0.2, 0) is 6.54 Å². The van der Waals surface area contributed by atoms with Crippen LogP contribution < -0.4 is 20.4 Å². The van der Waals surface area contributed by atoms with Gasteiger partial charge in [-0.3, -0.25) is 4.79 Å². The first kappa shape index (κ1) is 19.8. The molecule has 142 valence electrons. The summed E-state index contributed by atoms with van der Waals surface area (Å²) in [4.78, 5) is 14.3. The molecule has 1 aliphatic rings. The normalized spacial score (nSPS) is 16.5. The Morgan fingerprint density at radius 3 is 2.74 bits per heavy atom. The van der Waals surface area contributed by atoms with Crippen LogP contribution in [0.25, 0.3) is 12.2 Å². The van der Waals surface area contributed by atoms with Crippen LogP contribution in [0.5, 0.6) is 0 Å². The van der Waals surface area contributed by atoms with E-state index in [0.717, 1.165) is 41.5 Å². The summed E-state index contributed by atoms with van der Waals surface area (Å²) in [6, 6.07) is 10.2. The van der Waals surface area contributed by atoms with Crippen LogP contribution in [0.1, 0.15) is 22.2 Å². The number of amides is 1. The van der Waals surface area contributed by atoms with E-state index in [0.29, 0.717) is 11.4 Å². The van der Waals surface area contributed by atoms with Crippen molar-refractivity contribution in [2.24, 2.45) is 0 Å². The molecule has 1 aromatic heterocycles. The van der Waals surface area contributed by atoms with Crippen molar-refractivity contribution in [3.63, 3.8) is 0 Å². The second-order valence-corrected chi connectivity index (χ2v) is 8.40. The molecule has 0 aliphatic carbocycles. The van der Waals surface area contributed by atoms with E-state index >= 15 is 0 Å². The van der Waals surface area contributed by atoms with Gasteiger partial charge in [0.1, 0.15) is 0 Å². The van der Waals surface area contributed by atoms with Gasteiger partial charge in [0.05, 0.1) is 4.88 Å². The molecule has 3 rings (SSSR count). The number of nitrogens with zero attached hydrogens (tertiary/aromatic N) is 1. The highest BCUT2D eigenvalue weighted by molar-refractivity contribution is 7.97. The molecule has 0 atom stereocenters. The van der Waals surface area contributed by atoms with Crippen molar-refractivity contribution in [3.05, 3.63) is 50.5 Å². The number of benzene rings is 1. The zero-order valence-corrected chi connectivity index (χ0v) is 17.0. The van der Waals surface area contributed by atoms with Crippen molar-refractivity contribution in [1.82, 2.24) is 14.9 Å². The van der Waals surface area contributed by atoms with E-state index in [9.17, 15) is 4.79 Å². The van der Waals surface area contributed by atoms with Crippen molar-refractivity contribution in [2.75, 3.05) is 26.2 Å². The molecule has 5 nitrogen and oxygen atoms in total. The fourth-order valence-electron chi connectivity index (χ4n) is 2.80. The number of carbonyl (C=O) groups excluding carboxylic acids is 1. The summed E-state index contributed by atoms with van der Waals surface area (Å²) in [6.07, 6.45) is 4.92. The standard InChI is InChI=1S/C20H24N4OS2/c1-2-18-16(7-8-21)13-19(26-18)20(25)23-14-15-3-5-17(6-4-15)27-24-11-9-22-10-12-24/h2-8,13,21-22H,9-12,14H2,1H3,(H,23,25)/b16-7-,18-2+,21-8?. The average Bonchev–Trinajstić information content (AvgIpc) is 3.11. The Morgan fingerprint density at radius 1 is 1.33 bits per heavy atom. The van der Waals surface area contributed by atoms with Crippen LogP contribution in [0.4, 0.5) is 0 Å². The van der Waals surface area contributed by atoms with E-state index in [1.165, 1.54) is 22.4 Å². The quantitative estimate of drug-likeness (QED) is 0.511. The topological polar surface area (TPSA) is 68.2 Å². The van der Waals surface area contributed by atoms with Crippen LogP contribution in [-0.4, -0.2) is 42.6 Å². The predicted octanol–water partition coefficient (Wildman–Crippen LogP) is 1.82. The summed E-state index contributed by atoms with van der Waals surface area (Å²) in [6.45, 7) is 6.63. The van der Waals surface area contributed by atoms with Gasteiger partial charge in [-0.05, 0) is 53.9 Å². The number of thiophene rings is 1. The SMILES string of the molecule is C/C=c1/sc(C(=O)NCc2ccc(SN3CCNCC3)cc2)c/c1=C/C=N. The predicted molar refractivity (Wildman–Crippen MR) is 115 cm³/mol. The number of rotatable bonds is 6. The Kier molecular flexibility index (Phi) is 7.23. The second kappa shape index (κ2) is 9.85. The minimum atomic E-state index is -0.0769. The first-order valence-corrected chi connectivity index (χ1v) is 10.6. The molecule has 1 fully saturated rings. The van der Waals surface area contributed by atoms with Gasteiger partial charge in [-0.15, -0.1) is 11.3 Å². The lowest BCUT2D eigenvalue weighted by Gasteiger charge is -2.25. The third-order valence-corrected chi connectivity index (χ3v) is 6.55. The van der Waals surface area contributed by atoms with Crippen LogP contribution in [0.3, 0.4) is 0 Å². The van der Waals surface area contributed by atoms with Crippen LogP contribution in [0.2, 0.25) is 0 Å². The molecule has 0 unspecified atom stereocenters. The zero-order chi connectivity index (χ0) is 19.1. The van der Waals surface area contributed by atoms with E-state index in [2.05, 4.69) is 39.2 Å². The van der Waals surface area contributed by atoms with Crippen molar-refractivity contribution >= 4 is 47.6 Å². The molecule has 1 amide bonds. The van der Waals surface area contributed by atoms with Gasteiger partial charge in [-0.2, -0.15) is 0 Å². The Hall–Kier alpha value is -1.93. The first-order valence-electron chi connectivity index (χ1n) is 8.97. The summed E-state index contributed by atoms with van der Waals surface area (Å²) >= 11 is 3.24. The lowest BCUT2D eigenvalue weighted by molar-refractivity contribution is 0.0955. The fourth-order valence-corrected chi connectivity index (χ4v) is 4.67. The monoisotopic (exact) mass is 400 g/mol. The highest BCUT2D eigenvalue weighted by Gasteiger charge is 2.11. The number of hydrogen-bond donors (Lipinski definition) is 3. The summed E-state index contributed by atoms with van der Waals surface area (Å²) in [7, 11) is 0. The Bertz CT molecular complexity index is 899. The van der Waals surface area contributed by atoms with Gasteiger partial charge in [0.15, 0.2) is 0 Å². The number of piperazine rings is 1. The number of hydrogen-bond acceptors (Lipinski definition) is 6. The largest absolute Gasteiger partial charge is 0.347 e. The van der Waals surface area contributed by atoms with Gasteiger partial charge in [0, 0.05) is 48.4 Å². The summed E-state index contributed by atoms with van der Waals surface area (Å²) in [5.74, 6) is -0.0769. The minimum Gasteiger partial charge on any atom is -0.347 e. The van der Waals surface area contributed by atoms with Crippen molar-refractivity contribution in [1.29, 1.82) is 5.41 Å². The van der Waals surface area contributed by atoms with Crippen LogP contribution in [0, 0.1) is 5.41 Å². The van der Waals surface area contributed by atoms with E-state index in [-0.39, 0.29) is 5.91 Å². The molecule has 0 spiro atoms. The van der Waals surface area contributed by atoms with E-state index < -0.39 is 0 Å². The first-order chi connectivity index (χ1) is 13.2. The average molecular weight is 401 g/mol. The maximum absolute atomic E-state index is 12.4. The van der Waals surface area contributed by atoms with Crippen molar-refractivity contribution < 1.29 is 4.79 Å². The molecule has 27 heavy (non-hydrogen) atoms. The van der Waals surface area contributed by atoms with E-state index in [4.69, 9.17) is 5.41 Å². The summed E-state index contributed by atoms with van der Waals surface area (Å²) in [5.41, 5.74) is 1.08. The molecule has 2 aromatic rings. The molecule has 3 N–H and O–H groups in total. The van der Waals surface area contributed by atoms with Gasteiger partial charge in [0.25, 0.3) is 5.91 Å². The molecule has 1 saturated heterocycles. The summed E-state index contributed by atoms with van der Waals surface area (Å²) in [5, 5.41) is 14.5. The lowest BCUT2D eigenvalue weighted by Crippen LogP contribution is -2.39. The molecule has 0 radical (unpaired) electrons. The summed E-state index contributed by atoms with van der Waals surface area (Å²) < 4.78 is 3.38. The number of carbonyl (C=O) groups is 1. The lowest BCUT2D eigenvalue weighted by atomic mass is 10.2. The van der Waals surface area contributed by atoms with Gasteiger partial charge in [0.2, 0.25) is 0 Å². The molecule has 0 saturated carbocycles. The van der Waals surface area contributed by atoms with Crippen molar-refractivity contribution in [2.45, 2.75) is 18.4 Å². The highest BCUT2D eigenvalue weighted by atomic mass is 32.2. The van der Waals surface area contributed by atoms with Gasteiger partial charge < -0.3 is 16.0 Å².